The quantitative estimate of drug-likeness (QED) is 0.819. The van der Waals surface area contributed by atoms with Gasteiger partial charge in [-0.15, -0.1) is 0 Å². The Kier molecular flexibility index (Phi) is 5.61. The Labute approximate surface area is 133 Å². The molecule has 0 saturated carbocycles. The highest BCUT2D eigenvalue weighted by Gasteiger charge is 2.12. The summed E-state index contributed by atoms with van der Waals surface area (Å²) in [6.07, 6.45) is 3.00. The maximum absolute atomic E-state index is 5.60. The topological polar surface area (TPSA) is 60.2 Å². The molecule has 1 heterocycles. The predicted molar refractivity (Wildman–Crippen MR) is 93.8 cm³/mol. The number of fused-ring (bicyclic) bond motifs is 1. The summed E-state index contributed by atoms with van der Waals surface area (Å²) in [4.78, 5) is 4.82. The molecular weight excluding hydrogens is 274 g/mol. The van der Waals surface area contributed by atoms with Crippen LogP contribution >= 0.6 is 0 Å². The highest BCUT2D eigenvalue weighted by atomic mass is 16.5. The van der Waals surface area contributed by atoms with Gasteiger partial charge in [0.1, 0.15) is 5.75 Å². The van der Waals surface area contributed by atoms with Crippen molar-refractivity contribution in [2.75, 3.05) is 19.0 Å². The van der Waals surface area contributed by atoms with E-state index in [9.17, 15) is 0 Å². The van der Waals surface area contributed by atoms with Gasteiger partial charge in [-0.1, -0.05) is 6.92 Å². The third kappa shape index (κ3) is 3.69. The van der Waals surface area contributed by atoms with E-state index in [1.165, 1.54) is 5.56 Å². The van der Waals surface area contributed by atoms with E-state index in [2.05, 4.69) is 38.2 Å². The average Bonchev–Trinajstić information content (AvgIpc) is 2.53. The van der Waals surface area contributed by atoms with Gasteiger partial charge in [-0.2, -0.15) is 0 Å². The number of methoxy groups -OCH3 is 1. The maximum Gasteiger partial charge on any atom is 0.121 e. The molecule has 0 saturated heterocycles. The van der Waals surface area contributed by atoms with E-state index in [0.29, 0.717) is 6.04 Å². The van der Waals surface area contributed by atoms with Gasteiger partial charge >= 0.3 is 0 Å². The van der Waals surface area contributed by atoms with Crippen molar-refractivity contribution in [3.05, 3.63) is 29.5 Å². The molecular formula is C18H27N3O. The Morgan fingerprint density at radius 3 is 2.73 bits per heavy atom. The van der Waals surface area contributed by atoms with Crippen LogP contribution in [0.4, 0.5) is 5.69 Å². The summed E-state index contributed by atoms with van der Waals surface area (Å²) in [6.45, 7) is 7.16. The van der Waals surface area contributed by atoms with Crippen LogP contribution in [0.3, 0.4) is 0 Å². The molecule has 0 fully saturated rings. The summed E-state index contributed by atoms with van der Waals surface area (Å²) in [6, 6.07) is 6.61. The predicted octanol–water partition coefficient (Wildman–Crippen LogP) is 3.65. The monoisotopic (exact) mass is 301 g/mol. The largest absolute Gasteiger partial charge is 0.497 e. The molecule has 1 aromatic carbocycles. The zero-order valence-electron chi connectivity index (χ0n) is 14.1. The number of benzene rings is 1. The van der Waals surface area contributed by atoms with E-state index >= 15 is 0 Å². The first kappa shape index (κ1) is 16.6. The van der Waals surface area contributed by atoms with Gasteiger partial charge in [-0.3, -0.25) is 4.98 Å². The third-order valence-electron chi connectivity index (χ3n) is 3.99. The summed E-state index contributed by atoms with van der Waals surface area (Å²) in [7, 11) is 1.70. The second-order valence-electron chi connectivity index (χ2n) is 5.83. The number of nitrogens with two attached hydrogens (primary N) is 1. The zero-order valence-corrected chi connectivity index (χ0v) is 14.1. The summed E-state index contributed by atoms with van der Waals surface area (Å²) < 4.78 is 5.45. The second kappa shape index (κ2) is 7.45. The van der Waals surface area contributed by atoms with Crippen molar-refractivity contribution >= 4 is 16.6 Å². The molecule has 120 valence electrons. The number of aromatic nitrogens is 1. The molecule has 4 nitrogen and oxygen atoms in total. The van der Waals surface area contributed by atoms with Gasteiger partial charge in [0.2, 0.25) is 0 Å². The van der Waals surface area contributed by atoms with Crippen LogP contribution in [0.2, 0.25) is 0 Å². The lowest BCUT2D eigenvalue weighted by Gasteiger charge is -2.18. The van der Waals surface area contributed by atoms with Crippen LogP contribution in [-0.4, -0.2) is 24.7 Å². The number of aryl methyl sites for hydroxylation is 2. The smallest absolute Gasteiger partial charge is 0.121 e. The van der Waals surface area contributed by atoms with Crippen molar-refractivity contribution in [1.82, 2.24) is 4.98 Å². The second-order valence-corrected chi connectivity index (χ2v) is 5.83. The van der Waals surface area contributed by atoms with Gasteiger partial charge in [0.05, 0.1) is 18.3 Å². The Balaban J connectivity index is 2.47. The number of nitrogens with one attached hydrogen (secondary N) is 1. The van der Waals surface area contributed by atoms with Crippen molar-refractivity contribution in [2.45, 2.75) is 46.1 Å². The molecule has 3 N–H and O–H groups in total. The first-order valence-electron chi connectivity index (χ1n) is 8.03. The third-order valence-corrected chi connectivity index (χ3v) is 3.99. The standard InChI is InChI=1S/C18H27N3O/c1-5-14-9-12(2)16-10-15(22-4)11-17(18(16)21-14)20-13(3)7-6-8-19/h9-11,13,20H,5-8,19H2,1-4H3/t13-/m1/s1. The fraction of sp³-hybridized carbons (Fsp3) is 0.500. The van der Waals surface area contributed by atoms with E-state index in [1.807, 2.05) is 6.07 Å². The minimum absolute atomic E-state index is 0.353. The number of ether oxygens (including phenoxy) is 1. The molecule has 22 heavy (non-hydrogen) atoms. The minimum atomic E-state index is 0.353. The fourth-order valence-electron chi connectivity index (χ4n) is 2.70. The average molecular weight is 301 g/mol. The van der Waals surface area contributed by atoms with Crippen molar-refractivity contribution in [3.63, 3.8) is 0 Å². The Morgan fingerprint density at radius 1 is 1.32 bits per heavy atom. The van der Waals surface area contributed by atoms with Crippen LogP contribution in [0.15, 0.2) is 18.2 Å². The van der Waals surface area contributed by atoms with E-state index in [4.69, 9.17) is 15.5 Å². The van der Waals surface area contributed by atoms with E-state index in [-0.39, 0.29) is 0 Å². The van der Waals surface area contributed by atoms with Crippen molar-refractivity contribution in [2.24, 2.45) is 5.73 Å². The van der Waals surface area contributed by atoms with Gasteiger partial charge in [0, 0.05) is 23.2 Å². The molecule has 0 amide bonds. The van der Waals surface area contributed by atoms with Gasteiger partial charge in [-0.25, -0.2) is 0 Å². The van der Waals surface area contributed by atoms with Crippen LogP contribution in [0.25, 0.3) is 10.9 Å². The van der Waals surface area contributed by atoms with Crippen LogP contribution in [0.1, 0.15) is 37.9 Å². The molecule has 2 aromatic rings. The number of rotatable bonds is 7. The zero-order chi connectivity index (χ0) is 16.1. The minimum Gasteiger partial charge on any atom is -0.497 e. The SMILES string of the molecule is CCc1cc(C)c2cc(OC)cc(N[C@H](C)CCCN)c2n1. The molecule has 0 aliphatic heterocycles. The molecule has 1 atom stereocenters. The molecule has 0 bridgehead atoms. The van der Waals surface area contributed by atoms with Gasteiger partial charge in [-0.05, 0) is 57.4 Å². The number of hydrogen-bond acceptors (Lipinski definition) is 4. The molecule has 0 unspecified atom stereocenters. The van der Waals surface area contributed by atoms with E-state index in [0.717, 1.165) is 53.8 Å². The lowest BCUT2D eigenvalue weighted by Crippen LogP contribution is -2.17. The van der Waals surface area contributed by atoms with Crippen LogP contribution in [0, 0.1) is 6.92 Å². The summed E-state index contributed by atoms with van der Waals surface area (Å²) in [5, 5.41) is 4.72. The van der Waals surface area contributed by atoms with Crippen molar-refractivity contribution in [1.29, 1.82) is 0 Å². The number of hydrogen-bond donors (Lipinski definition) is 2. The number of anilines is 1. The lowest BCUT2D eigenvalue weighted by atomic mass is 10.1. The molecule has 0 radical (unpaired) electrons. The van der Waals surface area contributed by atoms with Crippen molar-refractivity contribution < 1.29 is 4.74 Å². The summed E-state index contributed by atoms with van der Waals surface area (Å²) in [5.74, 6) is 0.857. The highest BCUT2D eigenvalue weighted by molar-refractivity contribution is 5.94. The Hall–Kier alpha value is -1.81. The Bertz CT molecular complexity index is 640. The van der Waals surface area contributed by atoms with Gasteiger partial charge in [0.25, 0.3) is 0 Å². The number of pyridine rings is 1. The van der Waals surface area contributed by atoms with Crippen LogP contribution < -0.4 is 15.8 Å². The van der Waals surface area contributed by atoms with Gasteiger partial charge in [0.15, 0.2) is 0 Å². The Morgan fingerprint density at radius 2 is 2.09 bits per heavy atom. The molecule has 0 aliphatic rings. The first-order chi connectivity index (χ1) is 10.6. The fourth-order valence-corrected chi connectivity index (χ4v) is 2.70. The van der Waals surface area contributed by atoms with Gasteiger partial charge < -0.3 is 15.8 Å². The van der Waals surface area contributed by atoms with E-state index < -0.39 is 0 Å². The highest BCUT2D eigenvalue weighted by Crippen LogP contribution is 2.31. The van der Waals surface area contributed by atoms with Crippen LogP contribution in [-0.2, 0) is 6.42 Å². The number of nitrogens with zero attached hydrogens (tertiary/aromatic N) is 1. The molecule has 4 heteroatoms. The molecule has 0 spiro atoms. The van der Waals surface area contributed by atoms with E-state index in [1.54, 1.807) is 7.11 Å². The maximum atomic E-state index is 5.60. The normalized spacial score (nSPS) is 12.4. The molecule has 1 aromatic heterocycles. The van der Waals surface area contributed by atoms with Crippen LogP contribution in [0.5, 0.6) is 5.75 Å². The summed E-state index contributed by atoms with van der Waals surface area (Å²) in [5.41, 5.74) is 10.0. The molecule has 2 rings (SSSR count). The first-order valence-corrected chi connectivity index (χ1v) is 8.03. The molecule has 0 aliphatic carbocycles. The lowest BCUT2D eigenvalue weighted by molar-refractivity contribution is 0.415. The van der Waals surface area contributed by atoms with Crippen molar-refractivity contribution in [3.8, 4) is 5.75 Å². The summed E-state index contributed by atoms with van der Waals surface area (Å²) >= 11 is 0.